The van der Waals surface area contributed by atoms with Crippen molar-refractivity contribution in [3.63, 3.8) is 0 Å². The molecule has 2 aromatic carbocycles. The van der Waals surface area contributed by atoms with Crippen molar-refractivity contribution in [1.29, 1.82) is 5.26 Å². The molecule has 5 nitrogen and oxygen atoms in total. The van der Waals surface area contributed by atoms with Gasteiger partial charge in [-0.2, -0.15) is 5.26 Å². The highest BCUT2D eigenvalue weighted by Crippen LogP contribution is 2.42. The van der Waals surface area contributed by atoms with Crippen molar-refractivity contribution in [3.8, 4) is 17.4 Å². The molecule has 0 radical (unpaired) electrons. The summed E-state index contributed by atoms with van der Waals surface area (Å²) in [4.78, 5) is 15.9. The predicted octanol–water partition coefficient (Wildman–Crippen LogP) is 4.51. The van der Waals surface area contributed by atoms with Gasteiger partial charge in [-0.25, -0.2) is 0 Å². The zero-order valence-corrected chi connectivity index (χ0v) is 14.7. The van der Waals surface area contributed by atoms with E-state index < -0.39 is 0 Å². The Labute approximate surface area is 155 Å². The van der Waals surface area contributed by atoms with Crippen molar-refractivity contribution < 1.29 is 9.32 Å². The number of nitriles is 1. The minimum atomic E-state index is -0.239. The van der Waals surface area contributed by atoms with Crippen LogP contribution in [0.25, 0.3) is 11.3 Å². The Bertz CT molecular complexity index is 992. The summed E-state index contributed by atoms with van der Waals surface area (Å²) in [5.41, 5.74) is 2.85. The largest absolute Gasteiger partial charge is 0.355 e. The van der Waals surface area contributed by atoms with Gasteiger partial charge in [-0.05, 0) is 24.3 Å². The van der Waals surface area contributed by atoms with E-state index in [-0.39, 0.29) is 12.3 Å². The van der Waals surface area contributed by atoms with Gasteiger partial charge in [0.05, 0.1) is 12.5 Å². The van der Waals surface area contributed by atoms with Crippen LogP contribution in [0.1, 0.15) is 22.5 Å². The molecule has 0 N–H and O–H groups in total. The first-order valence-corrected chi connectivity index (χ1v) is 9.23. The van der Waals surface area contributed by atoms with E-state index in [9.17, 15) is 4.79 Å². The van der Waals surface area contributed by atoms with Gasteiger partial charge >= 0.3 is 0 Å². The van der Waals surface area contributed by atoms with E-state index in [0.717, 1.165) is 21.7 Å². The molecule has 1 aliphatic heterocycles. The zero-order valence-electron chi connectivity index (χ0n) is 13.9. The fourth-order valence-corrected chi connectivity index (χ4v) is 4.06. The standard InChI is InChI=1S/C20H15N3O2S/c21-11-6-12-23(14-7-2-1-3-8-14)20(24)18-16-13-26-17-10-5-4-9-15(17)19(16)25-22-18/h1-5,7-10H,6,12-13H2. The third-order valence-electron chi connectivity index (χ3n) is 4.25. The number of fused-ring (bicyclic) bond motifs is 3. The number of carbonyl (C=O) groups is 1. The maximum Gasteiger partial charge on any atom is 0.280 e. The summed E-state index contributed by atoms with van der Waals surface area (Å²) >= 11 is 1.67. The summed E-state index contributed by atoms with van der Waals surface area (Å²) < 4.78 is 5.55. The van der Waals surface area contributed by atoms with Crippen LogP contribution in [0.5, 0.6) is 0 Å². The second-order valence-corrected chi connectivity index (χ2v) is 6.84. The van der Waals surface area contributed by atoms with E-state index in [1.807, 2.05) is 54.6 Å². The number of anilines is 1. The second-order valence-electron chi connectivity index (χ2n) is 5.82. The third-order valence-corrected chi connectivity index (χ3v) is 5.35. The minimum Gasteiger partial charge on any atom is -0.355 e. The highest BCUT2D eigenvalue weighted by molar-refractivity contribution is 7.98. The van der Waals surface area contributed by atoms with Crippen molar-refractivity contribution in [2.75, 3.05) is 11.4 Å². The van der Waals surface area contributed by atoms with Gasteiger partial charge in [0.25, 0.3) is 5.91 Å². The molecule has 3 aromatic rings. The molecule has 6 heteroatoms. The van der Waals surface area contributed by atoms with Gasteiger partial charge in [0.2, 0.25) is 0 Å². The molecule has 0 atom stereocenters. The molecule has 0 aliphatic carbocycles. The SMILES string of the molecule is N#CCCN(C(=O)c1noc2c1CSc1ccccc1-2)c1ccccc1. The molecule has 26 heavy (non-hydrogen) atoms. The Balaban J connectivity index is 1.73. The van der Waals surface area contributed by atoms with Gasteiger partial charge in [-0.1, -0.05) is 35.5 Å². The fraction of sp³-hybridized carbons (Fsp3) is 0.150. The molecule has 0 saturated heterocycles. The average Bonchev–Trinajstić information content (AvgIpc) is 3.13. The molecule has 0 saturated carbocycles. The van der Waals surface area contributed by atoms with Crippen molar-refractivity contribution in [2.45, 2.75) is 17.1 Å². The van der Waals surface area contributed by atoms with Crippen LogP contribution < -0.4 is 4.90 Å². The summed E-state index contributed by atoms with van der Waals surface area (Å²) in [5.74, 6) is 1.06. The lowest BCUT2D eigenvalue weighted by atomic mass is 10.1. The number of para-hydroxylation sites is 1. The smallest absolute Gasteiger partial charge is 0.280 e. The molecule has 4 rings (SSSR count). The van der Waals surface area contributed by atoms with E-state index in [2.05, 4.69) is 11.2 Å². The number of hydrogen-bond donors (Lipinski definition) is 0. The fourth-order valence-electron chi connectivity index (χ4n) is 3.00. The molecule has 2 heterocycles. The van der Waals surface area contributed by atoms with E-state index in [4.69, 9.17) is 9.78 Å². The van der Waals surface area contributed by atoms with Crippen molar-refractivity contribution in [2.24, 2.45) is 0 Å². The number of carbonyl (C=O) groups excluding carboxylic acids is 1. The predicted molar refractivity (Wildman–Crippen MR) is 99.8 cm³/mol. The number of thioether (sulfide) groups is 1. The van der Waals surface area contributed by atoms with E-state index >= 15 is 0 Å². The Kier molecular flexibility index (Phi) is 4.46. The summed E-state index contributed by atoms with van der Waals surface area (Å²) in [6.07, 6.45) is 0.248. The van der Waals surface area contributed by atoms with Crippen LogP contribution in [0.2, 0.25) is 0 Å². The van der Waals surface area contributed by atoms with E-state index in [0.29, 0.717) is 23.8 Å². The summed E-state index contributed by atoms with van der Waals surface area (Å²) in [5, 5.41) is 13.0. The van der Waals surface area contributed by atoms with Crippen LogP contribution in [-0.2, 0) is 5.75 Å². The first-order valence-electron chi connectivity index (χ1n) is 8.24. The highest BCUT2D eigenvalue weighted by Gasteiger charge is 2.30. The van der Waals surface area contributed by atoms with E-state index in [1.54, 1.807) is 16.7 Å². The first-order chi connectivity index (χ1) is 12.8. The van der Waals surface area contributed by atoms with Crippen molar-refractivity contribution >= 4 is 23.4 Å². The first kappa shape index (κ1) is 16.4. The molecular formula is C20H15N3O2S. The molecule has 0 unspecified atom stereocenters. The number of rotatable bonds is 4. The average molecular weight is 361 g/mol. The second kappa shape index (κ2) is 7.06. The maximum absolute atomic E-state index is 13.2. The monoisotopic (exact) mass is 361 g/mol. The summed E-state index contributed by atoms with van der Waals surface area (Å²) in [7, 11) is 0. The normalized spacial score (nSPS) is 12.0. The summed E-state index contributed by atoms with van der Waals surface area (Å²) in [6, 6.07) is 19.4. The van der Waals surface area contributed by atoms with Crippen LogP contribution >= 0.6 is 11.8 Å². The van der Waals surface area contributed by atoms with Gasteiger partial charge in [0, 0.05) is 34.0 Å². The third kappa shape index (κ3) is 2.87. The van der Waals surface area contributed by atoms with Crippen LogP contribution in [-0.4, -0.2) is 17.6 Å². The number of aromatic nitrogens is 1. The minimum absolute atomic E-state index is 0.239. The van der Waals surface area contributed by atoms with Crippen LogP contribution in [0.15, 0.2) is 64.0 Å². The van der Waals surface area contributed by atoms with Crippen molar-refractivity contribution in [1.82, 2.24) is 5.16 Å². The van der Waals surface area contributed by atoms with Crippen LogP contribution in [0, 0.1) is 11.3 Å². The van der Waals surface area contributed by atoms with Crippen LogP contribution in [0.4, 0.5) is 5.69 Å². The van der Waals surface area contributed by atoms with Gasteiger partial charge in [0.15, 0.2) is 11.5 Å². The van der Waals surface area contributed by atoms with Gasteiger partial charge in [-0.15, -0.1) is 11.8 Å². The lowest BCUT2D eigenvalue weighted by molar-refractivity contribution is 0.0978. The maximum atomic E-state index is 13.2. The van der Waals surface area contributed by atoms with Gasteiger partial charge in [0.1, 0.15) is 0 Å². The molecule has 0 bridgehead atoms. The topological polar surface area (TPSA) is 70.1 Å². The van der Waals surface area contributed by atoms with Gasteiger partial charge < -0.3 is 9.42 Å². The lowest BCUT2D eigenvalue weighted by Crippen LogP contribution is -2.32. The zero-order chi connectivity index (χ0) is 17.9. The number of amides is 1. The van der Waals surface area contributed by atoms with Gasteiger partial charge in [-0.3, -0.25) is 4.79 Å². The number of nitrogens with zero attached hydrogens (tertiary/aromatic N) is 3. The molecule has 0 spiro atoms. The molecule has 128 valence electrons. The van der Waals surface area contributed by atoms with Crippen LogP contribution in [0.3, 0.4) is 0 Å². The quantitative estimate of drug-likeness (QED) is 0.684. The molecule has 1 amide bonds. The molecular weight excluding hydrogens is 346 g/mol. The molecule has 1 aromatic heterocycles. The number of benzene rings is 2. The molecule has 1 aliphatic rings. The Morgan fingerprint density at radius 2 is 1.96 bits per heavy atom. The van der Waals surface area contributed by atoms with Crippen molar-refractivity contribution in [3.05, 3.63) is 65.9 Å². The Morgan fingerprint density at radius 3 is 2.77 bits per heavy atom. The summed E-state index contributed by atoms with van der Waals surface area (Å²) in [6.45, 7) is 0.310. The van der Waals surface area contributed by atoms with E-state index in [1.165, 1.54) is 0 Å². The number of hydrogen-bond acceptors (Lipinski definition) is 5. The Hall–Kier alpha value is -3.04. The Morgan fingerprint density at radius 1 is 1.19 bits per heavy atom. The lowest BCUT2D eigenvalue weighted by Gasteiger charge is -2.21. The highest BCUT2D eigenvalue weighted by atomic mass is 32.2. The molecule has 0 fully saturated rings.